The number of amides is 1. The van der Waals surface area contributed by atoms with Crippen molar-refractivity contribution in [1.82, 2.24) is 10.2 Å². The Hall–Kier alpha value is -1.34. The first-order chi connectivity index (χ1) is 9.99. The Morgan fingerprint density at radius 2 is 2.14 bits per heavy atom. The van der Waals surface area contributed by atoms with Crippen molar-refractivity contribution in [3.63, 3.8) is 0 Å². The molecular formula is C14H26N4O3. The SMILES string of the molecule is CC1CN(C)CCC1NC(=O)C1(C(N)=NO)CCOCC1. The number of ether oxygens (including phenoxy) is 1. The van der Waals surface area contributed by atoms with Crippen LogP contribution in [0.4, 0.5) is 0 Å². The summed E-state index contributed by atoms with van der Waals surface area (Å²) in [6, 6.07) is 0.139. The lowest BCUT2D eigenvalue weighted by Gasteiger charge is -2.39. The fourth-order valence-corrected chi connectivity index (χ4v) is 3.29. The molecule has 0 aromatic heterocycles. The van der Waals surface area contributed by atoms with Crippen molar-refractivity contribution in [2.24, 2.45) is 22.2 Å². The van der Waals surface area contributed by atoms with Crippen molar-refractivity contribution in [2.45, 2.75) is 32.2 Å². The summed E-state index contributed by atoms with van der Waals surface area (Å²) in [4.78, 5) is 15.0. The molecule has 0 radical (unpaired) electrons. The van der Waals surface area contributed by atoms with Gasteiger partial charge >= 0.3 is 0 Å². The van der Waals surface area contributed by atoms with E-state index in [0.29, 0.717) is 32.0 Å². The molecule has 2 aliphatic heterocycles. The monoisotopic (exact) mass is 298 g/mol. The molecule has 0 aromatic carbocycles. The summed E-state index contributed by atoms with van der Waals surface area (Å²) in [5.41, 5.74) is 4.89. The van der Waals surface area contributed by atoms with Crippen LogP contribution in [0.25, 0.3) is 0 Å². The number of amidine groups is 1. The summed E-state index contributed by atoms with van der Waals surface area (Å²) in [6.07, 6.45) is 1.83. The maximum Gasteiger partial charge on any atom is 0.234 e. The van der Waals surface area contributed by atoms with Gasteiger partial charge in [0, 0.05) is 25.8 Å². The molecule has 1 amide bonds. The lowest BCUT2D eigenvalue weighted by Crippen LogP contribution is -2.57. The zero-order valence-electron chi connectivity index (χ0n) is 12.8. The zero-order chi connectivity index (χ0) is 15.5. The van der Waals surface area contributed by atoms with E-state index in [9.17, 15) is 4.79 Å². The Balaban J connectivity index is 2.08. The fourth-order valence-electron chi connectivity index (χ4n) is 3.29. The molecular weight excluding hydrogens is 272 g/mol. The van der Waals surface area contributed by atoms with Gasteiger partial charge in [-0.15, -0.1) is 0 Å². The van der Waals surface area contributed by atoms with E-state index in [-0.39, 0.29) is 17.8 Å². The first-order valence-electron chi connectivity index (χ1n) is 7.55. The molecule has 7 nitrogen and oxygen atoms in total. The quantitative estimate of drug-likeness (QED) is 0.294. The van der Waals surface area contributed by atoms with Crippen LogP contribution in [0.1, 0.15) is 26.2 Å². The van der Waals surface area contributed by atoms with Crippen LogP contribution in [-0.4, -0.2) is 61.2 Å². The molecule has 2 unspecified atom stereocenters. The molecule has 2 atom stereocenters. The Bertz CT molecular complexity index is 407. The lowest BCUT2D eigenvalue weighted by molar-refractivity contribution is -0.133. The highest BCUT2D eigenvalue weighted by molar-refractivity contribution is 6.06. The van der Waals surface area contributed by atoms with Crippen LogP contribution in [0.5, 0.6) is 0 Å². The van der Waals surface area contributed by atoms with Crippen molar-refractivity contribution in [3.8, 4) is 0 Å². The summed E-state index contributed by atoms with van der Waals surface area (Å²) in [6.45, 7) is 4.97. The van der Waals surface area contributed by atoms with Crippen molar-refractivity contribution in [1.29, 1.82) is 0 Å². The van der Waals surface area contributed by atoms with E-state index in [1.54, 1.807) is 0 Å². The molecule has 2 saturated heterocycles. The second-order valence-corrected chi connectivity index (χ2v) is 6.29. The van der Waals surface area contributed by atoms with Gasteiger partial charge in [-0.1, -0.05) is 12.1 Å². The van der Waals surface area contributed by atoms with Gasteiger partial charge in [-0.25, -0.2) is 0 Å². The van der Waals surface area contributed by atoms with E-state index in [1.807, 2.05) is 0 Å². The number of nitrogens with zero attached hydrogens (tertiary/aromatic N) is 2. The maximum absolute atomic E-state index is 12.8. The predicted octanol–water partition coefficient (Wildman–Crippen LogP) is -0.0140. The molecule has 2 rings (SSSR count). The average Bonchev–Trinajstić information content (AvgIpc) is 2.49. The number of piperidine rings is 1. The summed E-state index contributed by atoms with van der Waals surface area (Å²) < 4.78 is 5.32. The highest BCUT2D eigenvalue weighted by Gasteiger charge is 2.45. The summed E-state index contributed by atoms with van der Waals surface area (Å²) >= 11 is 0. The third-order valence-corrected chi connectivity index (χ3v) is 4.80. The molecule has 120 valence electrons. The van der Waals surface area contributed by atoms with Gasteiger partial charge in [0.1, 0.15) is 5.41 Å². The van der Waals surface area contributed by atoms with E-state index >= 15 is 0 Å². The Kier molecular flexibility index (Phi) is 5.05. The van der Waals surface area contributed by atoms with Crippen LogP contribution < -0.4 is 11.1 Å². The average molecular weight is 298 g/mol. The minimum absolute atomic E-state index is 0.0103. The number of likely N-dealkylation sites (tertiary alicyclic amines) is 1. The summed E-state index contributed by atoms with van der Waals surface area (Å²) in [5, 5.41) is 15.3. The number of rotatable bonds is 3. The summed E-state index contributed by atoms with van der Waals surface area (Å²) in [7, 11) is 2.09. The van der Waals surface area contributed by atoms with E-state index in [1.165, 1.54) is 0 Å². The number of carbonyl (C=O) groups is 1. The van der Waals surface area contributed by atoms with Gasteiger partial charge in [-0.3, -0.25) is 4.79 Å². The molecule has 7 heteroatoms. The van der Waals surface area contributed by atoms with Crippen LogP contribution in [0.3, 0.4) is 0 Å². The third kappa shape index (κ3) is 3.29. The van der Waals surface area contributed by atoms with E-state index < -0.39 is 5.41 Å². The molecule has 0 spiro atoms. The highest BCUT2D eigenvalue weighted by atomic mass is 16.5. The lowest BCUT2D eigenvalue weighted by atomic mass is 9.77. The van der Waals surface area contributed by atoms with Gasteiger partial charge in [0.15, 0.2) is 5.84 Å². The third-order valence-electron chi connectivity index (χ3n) is 4.80. The molecule has 0 bridgehead atoms. The molecule has 0 aliphatic carbocycles. The van der Waals surface area contributed by atoms with Crippen LogP contribution in [-0.2, 0) is 9.53 Å². The fraction of sp³-hybridized carbons (Fsp3) is 0.857. The second kappa shape index (κ2) is 6.62. The van der Waals surface area contributed by atoms with Crippen molar-refractivity contribution in [3.05, 3.63) is 0 Å². The normalized spacial score (nSPS) is 30.9. The molecule has 0 saturated carbocycles. The topological polar surface area (TPSA) is 100 Å². The first-order valence-corrected chi connectivity index (χ1v) is 7.55. The Morgan fingerprint density at radius 3 is 2.71 bits per heavy atom. The smallest absolute Gasteiger partial charge is 0.234 e. The van der Waals surface area contributed by atoms with Crippen LogP contribution in [0, 0.1) is 11.3 Å². The van der Waals surface area contributed by atoms with Crippen LogP contribution >= 0.6 is 0 Å². The second-order valence-electron chi connectivity index (χ2n) is 6.29. The van der Waals surface area contributed by atoms with Gasteiger partial charge in [-0.05, 0) is 38.8 Å². The van der Waals surface area contributed by atoms with Gasteiger partial charge in [0.2, 0.25) is 5.91 Å². The number of nitrogens with one attached hydrogen (secondary N) is 1. The zero-order valence-corrected chi connectivity index (χ0v) is 12.8. The van der Waals surface area contributed by atoms with Gasteiger partial charge < -0.3 is 25.9 Å². The van der Waals surface area contributed by atoms with E-state index in [0.717, 1.165) is 19.5 Å². The molecule has 4 N–H and O–H groups in total. The van der Waals surface area contributed by atoms with Crippen LogP contribution in [0.2, 0.25) is 0 Å². The predicted molar refractivity (Wildman–Crippen MR) is 79.1 cm³/mol. The Morgan fingerprint density at radius 1 is 1.48 bits per heavy atom. The van der Waals surface area contributed by atoms with E-state index in [2.05, 4.69) is 29.3 Å². The maximum atomic E-state index is 12.8. The number of carbonyl (C=O) groups excluding carboxylic acids is 1. The molecule has 2 aliphatic rings. The summed E-state index contributed by atoms with van der Waals surface area (Å²) in [5.74, 6) is 0.239. The molecule has 0 aromatic rings. The van der Waals surface area contributed by atoms with Crippen molar-refractivity contribution < 1.29 is 14.7 Å². The number of hydrogen-bond donors (Lipinski definition) is 3. The van der Waals surface area contributed by atoms with Crippen molar-refractivity contribution in [2.75, 3.05) is 33.4 Å². The molecule has 21 heavy (non-hydrogen) atoms. The van der Waals surface area contributed by atoms with Gasteiger partial charge in [-0.2, -0.15) is 0 Å². The standard InChI is InChI=1S/C14H26N4O3/c1-10-9-18(2)6-3-11(10)16-13(19)14(12(15)17-20)4-7-21-8-5-14/h10-11,20H,3-9H2,1-2H3,(H2,15,17)(H,16,19). The van der Waals surface area contributed by atoms with Gasteiger partial charge in [0.25, 0.3) is 0 Å². The Labute approximate surface area is 125 Å². The minimum atomic E-state index is -0.934. The van der Waals surface area contributed by atoms with E-state index in [4.69, 9.17) is 15.7 Å². The number of oxime groups is 1. The van der Waals surface area contributed by atoms with Crippen molar-refractivity contribution >= 4 is 11.7 Å². The largest absolute Gasteiger partial charge is 0.409 e. The van der Waals surface area contributed by atoms with Crippen LogP contribution in [0.15, 0.2) is 5.16 Å². The molecule has 2 heterocycles. The first kappa shape index (κ1) is 16.0. The molecule has 2 fully saturated rings. The van der Waals surface area contributed by atoms with Gasteiger partial charge in [0.05, 0.1) is 0 Å². The number of hydrogen-bond acceptors (Lipinski definition) is 5. The minimum Gasteiger partial charge on any atom is -0.409 e. The highest BCUT2D eigenvalue weighted by Crippen LogP contribution is 2.32. The number of nitrogens with two attached hydrogens (primary N) is 1.